The monoisotopic (exact) mass is 416 g/mol. The highest BCUT2D eigenvalue weighted by molar-refractivity contribution is 5.76. The summed E-state index contributed by atoms with van der Waals surface area (Å²) in [6.07, 6.45) is 6.28. The first-order valence-electron chi connectivity index (χ1n) is 11.1. The smallest absolute Gasteiger partial charge is 0.346 e. The zero-order valence-electron chi connectivity index (χ0n) is 18.0. The van der Waals surface area contributed by atoms with E-state index in [1.165, 1.54) is 30.6 Å². The fourth-order valence-electron chi connectivity index (χ4n) is 4.52. The Morgan fingerprint density at radius 2 is 2.00 bits per heavy atom. The maximum absolute atomic E-state index is 12.8. The number of rotatable bonds is 7. The summed E-state index contributed by atoms with van der Waals surface area (Å²) in [7, 11) is 0. The van der Waals surface area contributed by atoms with Crippen LogP contribution in [0, 0.1) is 13.8 Å². The van der Waals surface area contributed by atoms with Crippen molar-refractivity contribution in [3.63, 3.8) is 0 Å². The number of fused-ring (bicyclic) bond motifs is 1. The second-order valence-corrected chi connectivity index (χ2v) is 8.55. The minimum atomic E-state index is -0.109. The van der Waals surface area contributed by atoms with Gasteiger partial charge in [-0.05, 0) is 65.6 Å². The predicted octanol–water partition coefficient (Wildman–Crippen LogP) is 1.40. The summed E-state index contributed by atoms with van der Waals surface area (Å²) in [5.41, 5.74) is 1.59. The third-order valence-electron chi connectivity index (χ3n) is 6.35. The highest BCUT2D eigenvalue weighted by Crippen LogP contribution is 2.16. The van der Waals surface area contributed by atoms with Crippen LogP contribution in [0.3, 0.4) is 0 Å². The van der Waals surface area contributed by atoms with Crippen molar-refractivity contribution in [1.29, 1.82) is 0 Å². The van der Waals surface area contributed by atoms with Crippen LogP contribution in [-0.2, 0) is 24.3 Å². The molecule has 1 fully saturated rings. The SMILES string of the molecule is Cc1noc(C)c1Cn1nc2n(c1=O)CCC(NC(=O)CCCN1CCCC1)CC2. The molecule has 1 unspecified atom stereocenters. The van der Waals surface area contributed by atoms with Crippen LogP contribution in [0.1, 0.15) is 61.4 Å². The average Bonchev–Trinajstić information content (AvgIpc) is 3.38. The number of hydrogen-bond acceptors (Lipinski definition) is 6. The Balaban J connectivity index is 1.29. The number of amides is 1. The molecule has 9 heteroatoms. The molecule has 164 valence electrons. The largest absolute Gasteiger partial charge is 0.361 e. The molecule has 2 aromatic heterocycles. The Morgan fingerprint density at radius 3 is 2.73 bits per heavy atom. The van der Waals surface area contributed by atoms with Crippen molar-refractivity contribution in [3.8, 4) is 0 Å². The highest BCUT2D eigenvalue weighted by atomic mass is 16.5. The van der Waals surface area contributed by atoms with Crippen molar-refractivity contribution in [2.24, 2.45) is 0 Å². The van der Waals surface area contributed by atoms with Gasteiger partial charge in [-0.2, -0.15) is 5.10 Å². The zero-order valence-corrected chi connectivity index (χ0v) is 18.0. The highest BCUT2D eigenvalue weighted by Gasteiger charge is 2.23. The Bertz CT molecular complexity index is 918. The van der Waals surface area contributed by atoms with Crippen LogP contribution in [0.15, 0.2) is 9.32 Å². The van der Waals surface area contributed by atoms with E-state index in [2.05, 4.69) is 20.5 Å². The molecule has 0 aromatic carbocycles. The standard InChI is InChI=1S/C21H32N6O3/c1-15-18(16(2)30-24-15)14-27-21(29)26-13-9-17(7-8-19(26)23-27)22-20(28)6-5-12-25-10-3-4-11-25/h17H,3-14H2,1-2H3,(H,22,28). The van der Waals surface area contributed by atoms with Crippen molar-refractivity contribution < 1.29 is 9.32 Å². The number of aromatic nitrogens is 4. The van der Waals surface area contributed by atoms with Crippen LogP contribution in [0.2, 0.25) is 0 Å². The van der Waals surface area contributed by atoms with Crippen molar-refractivity contribution in [3.05, 3.63) is 33.3 Å². The second kappa shape index (κ2) is 9.16. The number of nitrogens with zero attached hydrogens (tertiary/aromatic N) is 5. The molecule has 2 aromatic rings. The fourth-order valence-corrected chi connectivity index (χ4v) is 4.52. The van der Waals surface area contributed by atoms with Gasteiger partial charge in [-0.25, -0.2) is 9.48 Å². The van der Waals surface area contributed by atoms with E-state index < -0.39 is 0 Å². The van der Waals surface area contributed by atoms with Crippen LogP contribution in [0.25, 0.3) is 0 Å². The predicted molar refractivity (Wildman–Crippen MR) is 111 cm³/mol. The third kappa shape index (κ3) is 4.66. The molecule has 1 amide bonds. The van der Waals surface area contributed by atoms with Crippen LogP contribution < -0.4 is 11.0 Å². The molecule has 0 bridgehead atoms. The van der Waals surface area contributed by atoms with E-state index in [0.29, 0.717) is 25.9 Å². The lowest BCUT2D eigenvalue weighted by atomic mass is 10.1. The lowest BCUT2D eigenvalue weighted by Crippen LogP contribution is -2.36. The molecule has 2 aliphatic rings. The molecular weight excluding hydrogens is 384 g/mol. The molecule has 0 saturated carbocycles. The van der Waals surface area contributed by atoms with Gasteiger partial charge < -0.3 is 14.7 Å². The van der Waals surface area contributed by atoms with Crippen LogP contribution in [-0.4, -0.2) is 56.0 Å². The summed E-state index contributed by atoms with van der Waals surface area (Å²) in [6, 6.07) is 0.0985. The molecular formula is C21H32N6O3. The first-order valence-corrected chi connectivity index (χ1v) is 11.1. The first kappa shape index (κ1) is 20.8. The van der Waals surface area contributed by atoms with Gasteiger partial charge in [-0.15, -0.1) is 0 Å². The van der Waals surface area contributed by atoms with Gasteiger partial charge in [0.25, 0.3) is 0 Å². The summed E-state index contributed by atoms with van der Waals surface area (Å²) in [6.45, 7) is 8.02. The quantitative estimate of drug-likeness (QED) is 0.733. The Hall–Kier alpha value is -2.42. The number of hydrogen-bond donors (Lipinski definition) is 1. The molecule has 9 nitrogen and oxygen atoms in total. The van der Waals surface area contributed by atoms with Gasteiger partial charge >= 0.3 is 5.69 Å². The van der Waals surface area contributed by atoms with Crippen molar-refractivity contribution in [1.82, 2.24) is 29.7 Å². The maximum Gasteiger partial charge on any atom is 0.346 e. The topological polar surface area (TPSA) is 98.2 Å². The number of likely N-dealkylation sites (tertiary alicyclic amines) is 1. The van der Waals surface area contributed by atoms with Crippen LogP contribution in [0.4, 0.5) is 0 Å². The first-order chi connectivity index (χ1) is 14.5. The van der Waals surface area contributed by atoms with E-state index in [0.717, 1.165) is 48.6 Å². The van der Waals surface area contributed by atoms with Gasteiger partial charge in [0.05, 0.1) is 12.2 Å². The molecule has 4 rings (SSSR count). The van der Waals surface area contributed by atoms with Gasteiger partial charge in [0.1, 0.15) is 11.6 Å². The summed E-state index contributed by atoms with van der Waals surface area (Å²) in [5.74, 6) is 1.63. The molecule has 1 N–H and O–H groups in total. The molecule has 1 saturated heterocycles. The number of aryl methyl sites for hydroxylation is 3. The molecule has 30 heavy (non-hydrogen) atoms. The minimum absolute atomic E-state index is 0.0985. The molecule has 0 radical (unpaired) electrons. The normalized spacial score (nSPS) is 19.6. The fraction of sp³-hybridized carbons (Fsp3) is 0.714. The lowest BCUT2D eigenvalue weighted by Gasteiger charge is -2.17. The lowest BCUT2D eigenvalue weighted by molar-refractivity contribution is -0.122. The number of carbonyl (C=O) groups is 1. The second-order valence-electron chi connectivity index (χ2n) is 8.55. The summed E-state index contributed by atoms with van der Waals surface area (Å²) < 4.78 is 8.44. The van der Waals surface area contributed by atoms with Crippen LogP contribution >= 0.6 is 0 Å². The average molecular weight is 417 g/mol. The van der Waals surface area contributed by atoms with Gasteiger partial charge in [-0.3, -0.25) is 9.36 Å². The van der Waals surface area contributed by atoms with E-state index >= 15 is 0 Å². The summed E-state index contributed by atoms with van der Waals surface area (Å²) in [5, 5.41) is 11.7. The maximum atomic E-state index is 12.8. The Labute approximate surface area is 176 Å². The number of nitrogens with one attached hydrogen (secondary N) is 1. The third-order valence-corrected chi connectivity index (χ3v) is 6.35. The van der Waals surface area contributed by atoms with Crippen molar-refractivity contribution >= 4 is 5.91 Å². The van der Waals surface area contributed by atoms with Gasteiger partial charge in [0.2, 0.25) is 5.91 Å². The van der Waals surface area contributed by atoms with E-state index in [1.54, 1.807) is 4.57 Å². The van der Waals surface area contributed by atoms with Crippen molar-refractivity contribution in [2.75, 3.05) is 19.6 Å². The Morgan fingerprint density at radius 1 is 1.20 bits per heavy atom. The van der Waals surface area contributed by atoms with Gasteiger partial charge in [-0.1, -0.05) is 5.16 Å². The number of carbonyl (C=O) groups excluding carboxylic acids is 1. The summed E-state index contributed by atoms with van der Waals surface area (Å²) in [4.78, 5) is 27.6. The molecule has 4 heterocycles. The van der Waals surface area contributed by atoms with E-state index in [1.807, 2.05) is 13.8 Å². The molecule has 2 aliphatic heterocycles. The molecule has 1 atom stereocenters. The van der Waals surface area contributed by atoms with E-state index in [-0.39, 0.29) is 17.6 Å². The Kier molecular flexibility index (Phi) is 6.36. The van der Waals surface area contributed by atoms with Gasteiger partial charge in [0.15, 0.2) is 0 Å². The van der Waals surface area contributed by atoms with Crippen molar-refractivity contribution in [2.45, 2.75) is 77.9 Å². The van der Waals surface area contributed by atoms with Gasteiger partial charge in [0, 0.05) is 31.0 Å². The molecule has 0 spiro atoms. The zero-order chi connectivity index (χ0) is 21.1. The van der Waals surface area contributed by atoms with E-state index in [9.17, 15) is 9.59 Å². The minimum Gasteiger partial charge on any atom is -0.361 e. The summed E-state index contributed by atoms with van der Waals surface area (Å²) >= 11 is 0. The van der Waals surface area contributed by atoms with E-state index in [4.69, 9.17) is 4.52 Å². The molecule has 0 aliphatic carbocycles. The van der Waals surface area contributed by atoms with Crippen LogP contribution in [0.5, 0.6) is 0 Å².